The molecule has 20 heavy (non-hydrogen) atoms. The Kier molecular flexibility index (Phi) is 4.37. The zero-order chi connectivity index (χ0) is 13.8. The van der Waals surface area contributed by atoms with Gasteiger partial charge in [0.05, 0.1) is 0 Å². The zero-order valence-corrected chi connectivity index (χ0v) is 13.1. The minimum absolute atomic E-state index is 0.481. The van der Waals surface area contributed by atoms with Crippen molar-refractivity contribution in [3.63, 3.8) is 0 Å². The van der Waals surface area contributed by atoms with E-state index in [1.165, 1.54) is 48.6 Å². The third-order valence-corrected chi connectivity index (χ3v) is 6.01. The highest BCUT2D eigenvalue weighted by atomic mass is 32.2. The van der Waals surface area contributed by atoms with Crippen molar-refractivity contribution in [2.24, 2.45) is 0 Å². The summed E-state index contributed by atoms with van der Waals surface area (Å²) in [6.45, 7) is 2.11. The van der Waals surface area contributed by atoms with Crippen molar-refractivity contribution >= 4 is 22.7 Å². The lowest BCUT2D eigenvalue weighted by Gasteiger charge is -2.36. The van der Waals surface area contributed by atoms with Gasteiger partial charge in [-0.2, -0.15) is 11.8 Å². The monoisotopic (exact) mass is 288 g/mol. The van der Waals surface area contributed by atoms with Crippen molar-refractivity contribution in [1.82, 2.24) is 10.3 Å². The summed E-state index contributed by atoms with van der Waals surface area (Å²) in [6, 6.07) is 8.82. The molecule has 0 aliphatic heterocycles. The van der Waals surface area contributed by atoms with Crippen LogP contribution in [0.5, 0.6) is 0 Å². The molecule has 2 nitrogen and oxygen atoms in total. The normalized spacial score (nSPS) is 18.4. The standard InChI is InChI=1S/C17H24N2S/c1-20-17(8-3-2-4-9-17)13-18-12-14-5-6-15-7-10-19-16(15)11-14/h5-7,10-11,18-19H,2-4,8-9,12-13H2,1H3. The lowest BCUT2D eigenvalue weighted by molar-refractivity contribution is 0.379. The second-order valence-electron chi connectivity index (χ2n) is 5.95. The Morgan fingerprint density at radius 3 is 2.85 bits per heavy atom. The Labute approximate surface area is 125 Å². The van der Waals surface area contributed by atoms with Gasteiger partial charge in [-0.25, -0.2) is 0 Å². The average Bonchev–Trinajstić information content (AvgIpc) is 2.96. The van der Waals surface area contributed by atoms with Gasteiger partial charge in [-0.3, -0.25) is 0 Å². The summed E-state index contributed by atoms with van der Waals surface area (Å²) in [7, 11) is 0. The molecule has 108 valence electrons. The van der Waals surface area contributed by atoms with Crippen LogP contribution in [0.3, 0.4) is 0 Å². The molecule has 3 rings (SSSR count). The Morgan fingerprint density at radius 2 is 2.05 bits per heavy atom. The van der Waals surface area contributed by atoms with Gasteiger partial charge in [0, 0.05) is 29.6 Å². The number of aromatic nitrogens is 1. The second kappa shape index (κ2) is 6.23. The number of benzene rings is 1. The highest BCUT2D eigenvalue weighted by molar-refractivity contribution is 8.00. The van der Waals surface area contributed by atoms with Gasteiger partial charge in [0.15, 0.2) is 0 Å². The third kappa shape index (κ3) is 3.04. The molecule has 1 saturated carbocycles. The van der Waals surface area contributed by atoms with Gasteiger partial charge in [0.1, 0.15) is 0 Å². The molecule has 0 atom stereocenters. The second-order valence-corrected chi connectivity index (χ2v) is 7.22. The minimum atomic E-state index is 0.481. The molecule has 0 spiro atoms. The molecule has 0 radical (unpaired) electrons. The first-order valence-corrected chi connectivity index (χ1v) is 8.86. The van der Waals surface area contributed by atoms with Crippen LogP contribution in [0.25, 0.3) is 10.9 Å². The summed E-state index contributed by atoms with van der Waals surface area (Å²) in [5, 5.41) is 4.98. The van der Waals surface area contributed by atoms with Crippen LogP contribution in [0, 0.1) is 0 Å². The lowest BCUT2D eigenvalue weighted by atomic mass is 9.88. The number of thioether (sulfide) groups is 1. The molecular weight excluding hydrogens is 264 g/mol. The van der Waals surface area contributed by atoms with Crippen molar-refractivity contribution in [2.45, 2.75) is 43.4 Å². The van der Waals surface area contributed by atoms with Crippen LogP contribution in [0.15, 0.2) is 30.5 Å². The fourth-order valence-corrected chi connectivity index (χ4v) is 4.23. The van der Waals surface area contributed by atoms with Crippen LogP contribution < -0.4 is 5.32 Å². The predicted octanol–water partition coefficient (Wildman–Crippen LogP) is 4.32. The molecule has 0 saturated heterocycles. The van der Waals surface area contributed by atoms with Gasteiger partial charge in [-0.1, -0.05) is 31.4 Å². The minimum Gasteiger partial charge on any atom is -0.361 e. The number of H-pyrrole nitrogens is 1. The molecule has 1 fully saturated rings. The SMILES string of the molecule is CSC1(CNCc2ccc3cc[nH]c3c2)CCCCC1. The van der Waals surface area contributed by atoms with E-state index in [2.05, 4.69) is 52.6 Å². The molecule has 1 heterocycles. The van der Waals surface area contributed by atoms with E-state index in [1.54, 1.807) is 0 Å². The summed E-state index contributed by atoms with van der Waals surface area (Å²) >= 11 is 2.06. The van der Waals surface area contributed by atoms with Crippen LogP contribution in [0.4, 0.5) is 0 Å². The maximum atomic E-state index is 3.69. The van der Waals surface area contributed by atoms with Crippen molar-refractivity contribution in [3.8, 4) is 0 Å². The summed E-state index contributed by atoms with van der Waals surface area (Å²) in [5.41, 5.74) is 2.61. The topological polar surface area (TPSA) is 27.8 Å². The number of hydrogen-bond acceptors (Lipinski definition) is 2. The van der Waals surface area contributed by atoms with Crippen molar-refractivity contribution < 1.29 is 0 Å². The summed E-state index contributed by atoms with van der Waals surface area (Å²) in [6.07, 6.45) is 11.2. The Morgan fingerprint density at radius 1 is 1.20 bits per heavy atom. The number of rotatable bonds is 5. The molecule has 2 N–H and O–H groups in total. The van der Waals surface area contributed by atoms with Crippen LogP contribution in [-0.2, 0) is 6.54 Å². The summed E-state index contributed by atoms with van der Waals surface area (Å²) < 4.78 is 0.481. The van der Waals surface area contributed by atoms with E-state index in [0.717, 1.165) is 13.1 Å². The first-order valence-electron chi connectivity index (χ1n) is 7.63. The van der Waals surface area contributed by atoms with Gasteiger partial charge in [-0.05, 0) is 42.2 Å². The van der Waals surface area contributed by atoms with Crippen LogP contribution >= 0.6 is 11.8 Å². The number of hydrogen-bond donors (Lipinski definition) is 2. The van der Waals surface area contributed by atoms with Crippen molar-refractivity contribution in [1.29, 1.82) is 0 Å². The molecule has 1 aliphatic rings. The number of nitrogens with one attached hydrogen (secondary N) is 2. The lowest BCUT2D eigenvalue weighted by Crippen LogP contribution is -2.39. The molecular formula is C17H24N2S. The maximum Gasteiger partial charge on any atom is 0.0457 e. The van der Waals surface area contributed by atoms with Gasteiger partial charge in [-0.15, -0.1) is 0 Å². The zero-order valence-electron chi connectivity index (χ0n) is 12.2. The summed E-state index contributed by atoms with van der Waals surface area (Å²) in [4.78, 5) is 3.29. The van der Waals surface area contributed by atoms with Gasteiger partial charge >= 0.3 is 0 Å². The van der Waals surface area contributed by atoms with E-state index in [9.17, 15) is 0 Å². The largest absolute Gasteiger partial charge is 0.361 e. The number of fused-ring (bicyclic) bond motifs is 1. The molecule has 1 aromatic heterocycles. The molecule has 0 unspecified atom stereocenters. The highest BCUT2D eigenvalue weighted by Crippen LogP contribution is 2.37. The smallest absolute Gasteiger partial charge is 0.0457 e. The van der Waals surface area contributed by atoms with Gasteiger partial charge in [0.25, 0.3) is 0 Å². The molecule has 2 aromatic rings. The van der Waals surface area contributed by atoms with E-state index in [4.69, 9.17) is 0 Å². The van der Waals surface area contributed by atoms with Gasteiger partial charge in [0.2, 0.25) is 0 Å². The molecule has 0 amide bonds. The summed E-state index contributed by atoms with van der Waals surface area (Å²) in [5.74, 6) is 0. The first kappa shape index (κ1) is 14.0. The van der Waals surface area contributed by atoms with Crippen molar-refractivity contribution in [3.05, 3.63) is 36.0 Å². The fraction of sp³-hybridized carbons (Fsp3) is 0.529. The Balaban J connectivity index is 1.58. The molecule has 1 aromatic carbocycles. The third-order valence-electron chi connectivity index (χ3n) is 4.59. The van der Waals surface area contributed by atoms with Crippen LogP contribution in [0.2, 0.25) is 0 Å². The number of aromatic amines is 1. The van der Waals surface area contributed by atoms with E-state index in [-0.39, 0.29) is 0 Å². The van der Waals surface area contributed by atoms with Crippen LogP contribution in [-0.4, -0.2) is 22.5 Å². The predicted molar refractivity (Wildman–Crippen MR) is 89.3 cm³/mol. The van der Waals surface area contributed by atoms with E-state index in [1.807, 2.05) is 6.20 Å². The molecule has 1 aliphatic carbocycles. The van der Waals surface area contributed by atoms with E-state index < -0.39 is 0 Å². The highest BCUT2D eigenvalue weighted by Gasteiger charge is 2.30. The van der Waals surface area contributed by atoms with Crippen molar-refractivity contribution in [2.75, 3.05) is 12.8 Å². The maximum absolute atomic E-state index is 3.69. The average molecular weight is 288 g/mol. The Hall–Kier alpha value is -0.930. The Bertz CT molecular complexity index is 555. The van der Waals surface area contributed by atoms with Crippen LogP contribution in [0.1, 0.15) is 37.7 Å². The molecule has 0 bridgehead atoms. The molecule has 3 heteroatoms. The quantitative estimate of drug-likeness (QED) is 0.857. The first-order chi connectivity index (χ1) is 9.81. The fourth-order valence-electron chi connectivity index (χ4n) is 3.29. The van der Waals surface area contributed by atoms with E-state index in [0.29, 0.717) is 4.75 Å². The van der Waals surface area contributed by atoms with E-state index >= 15 is 0 Å². The van der Waals surface area contributed by atoms with Gasteiger partial charge < -0.3 is 10.3 Å².